The van der Waals surface area contributed by atoms with Gasteiger partial charge in [0.1, 0.15) is 6.07 Å². The molecule has 1 N–H and O–H groups in total. The van der Waals surface area contributed by atoms with Crippen molar-refractivity contribution in [3.63, 3.8) is 0 Å². The quantitative estimate of drug-likeness (QED) is 0.933. The Hall–Kier alpha value is -1.38. The van der Waals surface area contributed by atoms with Crippen molar-refractivity contribution >= 4 is 33.0 Å². The lowest BCUT2D eigenvalue weighted by Crippen LogP contribution is -2.06. The second-order valence-electron chi connectivity index (χ2n) is 3.86. The van der Waals surface area contributed by atoms with Crippen LogP contribution in [0, 0.1) is 18.3 Å². The number of benzene rings is 1. The number of aryl methyl sites for hydroxylation is 1. The van der Waals surface area contributed by atoms with Gasteiger partial charge in [0.25, 0.3) is 0 Å². The lowest BCUT2D eigenvalue weighted by atomic mass is 10.2. The molecule has 1 aromatic heterocycles. The van der Waals surface area contributed by atoms with Gasteiger partial charge in [-0.1, -0.05) is 15.9 Å². The first-order valence-electron chi connectivity index (χ1n) is 5.53. The van der Waals surface area contributed by atoms with Gasteiger partial charge in [-0.25, -0.2) is 4.98 Å². The van der Waals surface area contributed by atoms with Gasteiger partial charge in [-0.15, -0.1) is 11.3 Å². The Morgan fingerprint density at radius 3 is 3.00 bits per heavy atom. The second kappa shape index (κ2) is 5.98. The van der Waals surface area contributed by atoms with E-state index in [1.807, 2.05) is 25.1 Å². The SMILES string of the molecule is Cc1csc(CCNc2ccc(Br)cc2C#N)n1. The zero-order valence-electron chi connectivity index (χ0n) is 9.90. The van der Waals surface area contributed by atoms with E-state index in [1.54, 1.807) is 11.3 Å². The highest BCUT2D eigenvalue weighted by Gasteiger charge is 2.03. The van der Waals surface area contributed by atoms with Gasteiger partial charge in [0.15, 0.2) is 0 Å². The minimum absolute atomic E-state index is 0.652. The summed E-state index contributed by atoms with van der Waals surface area (Å²) in [5.41, 5.74) is 2.59. The maximum atomic E-state index is 9.04. The van der Waals surface area contributed by atoms with Crippen LogP contribution in [0.4, 0.5) is 5.69 Å². The number of nitriles is 1. The van der Waals surface area contributed by atoms with Gasteiger partial charge >= 0.3 is 0 Å². The molecule has 0 fully saturated rings. The number of anilines is 1. The Balaban J connectivity index is 1.96. The maximum Gasteiger partial charge on any atom is 0.101 e. The summed E-state index contributed by atoms with van der Waals surface area (Å²) in [6.45, 7) is 2.78. The number of nitrogens with zero attached hydrogens (tertiary/aromatic N) is 2. The summed E-state index contributed by atoms with van der Waals surface area (Å²) >= 11 is 5.03. The van der Waals surface area contributed by atoms with Crippen LogP contribution in [0.2, 0.25) is 0 Å². The van der Waals surface area contributed by atoms with E-state index in [-0.39, 0.29) is 0 Å². The summed E-state index contributed by atoms with van der Waals surface area (Å²) < 4.78 is 0.917. The molecule has 0 aliphatic heterocycles. The minimum atomic E-state index is 0.652. The van der Waals surface area contributed by atoms with Crippen LogP contribution in [-0.4, -0.2) is 11.5 Å². The summed E-state index contributed by atoms with van der Waals surface area (Å²) in [5.74, 6) is 0. The minimum Gasteiger partial charge on any atom is -0.384 e. The molecular formula is C13H12BrN3S. The molecule has 0 amide bonds. The molecule has 3 nitrogen and oxygen atoms in total. The summed E-state index contributed by atoms with van der Waals surface area (Å²) in [7, 11) is 0. The van der Waals surface area contributed by atoms with Crippen LogP contribution in [0.15, 0.2) is 28.1 Å². The Kier molecular flexibility index (Phi) is 4.34. The third kappa shape index (κ3) is 3.31. The number of aromatic nitrogens is 1. The van der Waals surface area contributed by atoms with E-state index >= 15 is 0 Å². The zero-order valence-corrected chi connectivity index (χ0v) is 12.3. The zero-order chi connectivity index (χ0) is 13.0. The molecule has 0 aliphatic carbocycles. The van der Waals surface area contributed by atoms with E-state index in [1.165, 1.54) is 0 Å². The largest absolute Gasteiger partial charge is 0.384 e. The third-order valence-electron chi connectivity index (χ3n) is 2.42. The summed E-state index contributed by atoms with van der Waals surface area (Å²) in [4.78, 5) is 4.40. The van der Waals surface area contributed by atoms with Crippen LogP contribution in [-0.2, 0) is 6.42 Å². The Bertz CT molecular complexity index is 586. The molecule has 2 aromatic rings. The number of thiazole rings is 1. The third-order valence-corrected chi connectivity index (χ3v) is 3.94. The van der Waals surface area contributed by atoms with E-state index in [4.69, 9.17) is 5.26 Å². The maximum absolute atomic E-state index is 9.04. The van der Waals surface area contributed by atoms with Crippen molar-refractivity contribution in [2.75, 3.05) is 11.9 Å². The van der Waals surface area contributed by atoms with E-state index in [9.17, 15) is 0 Å². The number of hydrogen-bond donors (Lipinski definition) is 1. The molecule has 18 heavy (non-hydrogen) atoms. The van der Waals surface area contributed by atoms with Crippen molar-refractivity contribution in [3.8, 4) is 6.07 Å². The van der Waals surface area contributed by atoms with Crippen molar-refractivity contribution in [2.45, 2.75) is 13.3 Å². The lowest BCUT2D eigenvalue weighted by Gasteiger charge is -2.07. The van der Waals surface area contributed by atoms with Gasteiger partial charge in [-0.3, -0.25) is 0 Å². The molecule has 92 valence electrons. The molecular weight excluding hydrogens is 310 g/mol. The van der Waals surface area contributed by atoms with E-state index in [2.05, 4.69) is 37.7 Å². The fourth-order valence-electron chi connectivity index (χ4n) is 1.58. The normalized spacial score (nSPS) is 10.1. The predicted molar refractivity (Wildman–Crippen MR) is 77.9 cm³/mol. The van der Waals surface area contributed by atoms with Gasteiger partial charge in [-0.05, 0) is 25.1 Å². The molecule has 0 saturated heterocycles. The fourth-order valence-corrected chi connectivity index (χ4v) is 2.72. The Morgan fingerprint density at radius 2 is 2.33 bits per heavy atom. The fraction of sp³-hybridized carbons (Fsp3) is 0.231. The molecule has 0 radical (unpaired) electrons. The molecule has 5 heteroatoms. The van der Waals surface area contributed by atoms with Crippen molar-refractivity contribution in [2.24, 2.45) is 0 Å². The number of hydrogen-bond acceptors (Lipinski definition) is 4. The van der Waals surface area contributed by atoms with Crippen LogP contribution in [0.5, 0.6) is 0 Å². The van der Waals surface area contributed by atoms with Crippen LogP contribution in [0.25, 0.3) is 0 Å². The van der Waals surface area contributed by atoms with E-state index in [0.717, 1.165) is 33.8 Å². The van der Waals surface area contributed by atoms with Crippen LogP contribution in [0.3, 0.4) is 0 Å². The molecule has 2 rings (SSSR count). The molecule has 1 heterocycles. The lowest BCUT2D eigenvalue weighted by molar-refractivity contribution is 0.986. The first-order valence-corrected chi connectivity index (χ1v) is 7.21. The summed E-state index contributed by atoms with van der Waals surface area (Å²) in [6.07, 6.45) is 0.874. The number of halogens is 1. The van der Waals surface area contributed by atoms with E-state index in [0.29, 0.717) is 5.56 Å². The topological polar surface area (TPSA) is 48.7 Å². The van der Waals surface area contributed by atoms with Crippen molar-refractivity contribution in [1.29, 1.82) is 5.26 Å². The molecule has 0 unspecified atom stereocenters. The number of rotatable bonds is 4. The summed E-state index contributed by atoms with van der Waals surface area (Å²) in [6, 6.07) is 7.84. The van der Waals surface area contributed by atoms with Gasteiger partial charge < -0.3 is 5.32 Å². The highest BCUT2D eigenvalue weighted by molar-refractivity contribution is 9.10. The van der Waals surface area contributed by atoms with Crippen molar-refractivity contribution in [3.05, 3.63) is 44.3 Å². The van der Waals surface area contributed by atoms with Crippen LogP contribution >= 0.6 is 27.3 Å². The first kappa shape index (κ1) is 13.1. The van der Waals surface area contributed by atoms with Gasteiger partial charge in [0.05, 0.1) is 16.3 Å². The van der Waals surface area contributed by atoms with Crippen molar-refractivity contribution in [1.82, 2.24) is 4.98 Å². The monoisotopic (exact) mass is 321 g/mol. The Labute approximate surface area is 119 Å². The average Bonchev–Trinajstić information content (AvgIpc) is 2.77. The second-order valence-corrected chi connectivity index (χ2v) is 5.72. The predicted octanol–water partition coefficient (Wildman–Crippen LogP) is 3.74. The van der Waals surface area contributed by atoms with Crippen molar-refractivity contribution < 1.29 is 0 Å². The molecule has 0 atom stereocenters. The molecule has 0 aliphatic rings. The molecule has 0 spiro atoms. The molecule has 0 bridgehead atoms. The first-order chi connectivity index (χ1) is 8.69. The van der Waals surface area contributed by atoms with Gasteiger partial charge in [0, 0.05) is 28.5 Å². The van der Waals surface area contributed by atoms with Crippen LogP contribution < -0.4 is 5.32 Å². The smallest absolute Gasteiger partial charge is 0.101 e. The standard InChI is InChI=1S/C13H12BrN3S/c1-9-8-18-13(17-9)4-5-16-12-3-2-11(14)6-10(12)7-15/h2-3,6,8,16H,4-5H2,1H3. The highest BCUT2D eigenvalue weighted by Crippen LogP contribution is 2.20. The van der Waals surface area contributed by atoms with E-state index < -0.39 is 0 Å². The summed E-state index contributed by atoms with van der Waals surface area (Å²) in [5, 5.41) is 15.5. The van der Waals surface area contributed by atoms with Gasteiger partial charge in [0.2, 0.25) is 0 Å². The average molecular weight is 322 g/mol. The van der Waals surface area contributed by atoms with Crippen LogP contribution in [0.1, 0.15) is 16.3 Å². The Morgan fingerprint density at radius 1 is 1.50 bits per heavy atom. The molecule has 1 aromatic carbocycles. The molecule has 0 saturated carbocycles. The highest BCUT2D eigenvalue weighted by atomic mass is 79.9. The number of nitrogens with one attached hydrogen (secondary N) is 1. The van der Waals surface area contributed by atoms with Gasteiger partial charge in [-0.2, -0.15) is 5.26 Å².